The predicted molar refractivity (Wildman–Crippen MR) is 47.9 cm³/mol. The molecule has 6 heteroatoms. The summed E-state index contributed by atoms with van der Waals surface area (Å²) >= 11 is 8.59. The molecule has 0 aliphatic rings. The van der Waals surface area contributed by atoms with Gasteiger partial charge in [0, 0.05) is 9.38 Å². The number of azide groups is 1. The van der Waals surface area contributed by atoms with Crippen LogP contribution in [0.25, 0.3) is 10.4 Å². The Morgan fingerprint density at radius 3 is 2.75 bits per heavy atom. The van der Waals surface area contributed by atoms with Gasteiger partial charge in [0.1, 0.15) is 5.82 Å². The zero-order chi connectivity index (χ0) is 9.14. The van der Waals surface area contributed by atoms with E-state index in [0.29, 0.717) is 4.47 Å². The minimum atomic E-state index is -0.483. The molecule has 0 radical (unpaired) electrons. The summed E-state index contributed by atoms with van der Waals surface area (Å²) < 4.78 is 12.9. The summed E-state index contributed by atoms with van der Waals surface area (Å²) in [4.78, 5) is 2.55. The maximum atomic E-state index is 12.6. The highest BCUT2D eigenvalue weighted by Crippen LogP contribution is 2.34. The molecule has 0 atom stereocenters. The minimum Gasteiger partial charge on any atom is -0.207 e. The van der Waals surface area contributed by atoms with E-state index in [0.717, 1.165) is 6.07 Å². The van der Waals surface area contributed by atoms with Gasteiger partial charge in [0.15, 0.2) is 0 Å². The Hall–Kier alpha value is -0.770. The fraction of sp³-hybridized carbons (Fsp3) is 0. The standard InChI is InChI=1S/C6H2BrClFN3/c7-4-1-3(9)2-5(8)6(4)11-12-10/h1-2H. The fourth-order valence-corrected chi connectivity index (χ4v) is 1.54. The van der Waals surface area contributed by atoms with Gasteiger partial charge < -0.3 is 0 Å². The first-order chi connectivity index (χ1) is 5.65. The van der Waals surface area contributed by atoms with Crippen molar-refractivity contribution < 1.29 is 4.39 Å². The molecule has 1 rings (SSSR count). The van der Waals surface area contributed by atoms with Crippen LogP contribution in [0, 0.1) is 5.82 Å². The molecule has 62 valence electrons. The summed E-state index contributed by atoms with van der Waals surface area (Å²) in [5.74, 6) is -0.483. The lowest BCUT2D eigenvalue weighted by atomic mass is 10.3. The molecule has 0 heterocycles. The monoisotopic (exact) mass is 249 g/mol. The van der Waals surface area contributed by atoms with Crippen molar-refractivity contribution in [3.63, 3.8) is 0 Å². The molecule has 3 nitrogen and oxygen atoms in total. The van der Waals surface area contributed by atoms with E-state index in [9.17, 15) is 4.39 Å². The van der Waals surface area contributed by atoms with Crippen LogP contribution in [-0.2, 0) is 0 Å². The van der Waals surface area contributed by atoms with Crippen molar-refractivity contribution in [1.82, 2.24) is 0 Å². The molecular weight excluding hydrogens is 248 g/mol. The number of halogens is 3. The topological polar surface area (TPSA) is 48.8 Å². The van der Waals surface area contributed by atoms with Crippen molar-refractivity contribution in [2.24, 2.45) is 5.11 Å². The molecule has 0 saturated heterocycles. The number of benzene rings is 1. The summed E-state index contributed by atoms with van der Waals surface area (Å²) in [6.45, 7) is 0. The Labute approximate surface area is 80.9 Å². The van der Waals surface area contributed by atoms with Crippen LogP contribution in [0.1, 0.15) is 0 Å². The predicted octanol–water partition coefficient (Wildman–Crippen LogP) is 4.18. The molecule has 0 aliphatic carbocycles. The van der Waals surface area contributed by atoms with Gasteiger partial charge >= 0.3 is 0 Å². The number of nitrogens with zero attached hydrogens (tertiary/aromatic N) is 3. The van der Waals surface area contributed by atoms with Gasteiger partial charge in [0.05, 0.1) is 10.7 Å². The Morgan fingerprint density at radius 2 is 2.25 bits per heavy atom. The van der Waals surface area contributed by atoms with Gasteiger partial charge in [0.2, 0.25) is 0 Å². The lowest BCUT2D eigenvalue weighted by Gasteiger charge is -1.99. The number of rotatable bonds is 1. The molecule has 0 aliphatic heterocycles. The second kappa shape index (κ2) is 3.76. The molecule has 12 heavy (non-hydrogen) atoms. The van der Waals surface area contributed by atoms with Gasteiger partial charge in [-0.3, -0.25) is 0 Å². The molecule has 0 aromatic heterocycles. The first-order valence-corrected chi connectivity index (χ1v) is 4.02. The molecule has 0 spiro atoms. The maximum absolute atomic E-state index is 12.6. The molecule has 1 aromatic rings. The van der Waals surface area contributed by atoms with E-state index in [4.69, 9.17) is 17.1 Å². The smallest absolute Gasteiger partial charge is 0.125 e. The average molecular weight is 250 g/mol. The van der Waals surface area contributed by atoms with E-state index in [-0.39, 0.29) is 10.7 Å². The summed E-state index contributed by atoms with van der Waals surface area (Å²) in [6.07, 6.45) is 0. The van der Waals surface area contributed by atoms with Crippen molar-refractivity contribution >= 4 is 33.2 Å². The third kappa shape index (κ3) is 1.88. The van der Waals surface area contributed by atoms with Gasteiger partial charge in [-0.25, -0.2) is 4.39 Å². The lowest BCUT2D eigenvalue weighted by Crippen LogP contribution is -1.75. The fourth-order valence-electron chi connectivity index (χ4n) is 0.675. The van der Waals surface area contributed by atoms with E-state index in [1.165, 1.54) is 6.07 Å². The molecule has 0 unspecified atom stereocenters. The molecule has 0 N–H and O–H groups in total. The molecule has 1 aromatic carbocycles. The molecule has 0 bridgehead atoms. The van der Waals surface area contributed by atoms with E-state index in [2.05, 4.69) is 26.0 Å². The van der Waals surface area contributed by atoms with Crippen LogP contribution in [0.15, 0.2) is 21.7 Å². The SMILES string of the molecule is [N-]=[N+]=Nc1c(Cl)cc(F)cc1Br. The van der Waals surface area contributed by atoms with Crippen molar-refractivity contribution in [3.8, 4) is 0 Å². The highest BCUT2D eigenvalue weighted by molar-refractivity contribution is 9.10. The first kappa shape index (κ1) is 9.32. The van der Waals surface area contributed by atoms with E-state index < -0.39 is 5.82 Å². The van der Waals surface area contributed by atoms with Crippen molar-refractivity contribution in [3.05, 3.63) is 37.9 Å². The summed E-state index contributed by atoms with van der Waals surface area (Å²) in [5.41, 5.74) is 8.32. The van der Waals surface area contributed by atoms with Crippen LogP contribution >= 0.6 is 27.5 Å². The molecular formula is C6H2BrClFN3. The van der Waals surface area contributed by atoms with E-state index in [1.807, 2.05) is 0 Å². The molecule has 0 saturated carbocycles. The highest BCUT2D eigenvalue weighted by Gasteiger charge is 2.05. The van der Waals surface area contributed by atoms with Gasteiger partial charge in [0.25, 0.3) is 0 Å². The lowest BCUT2D eigenvalue weighted by molar-refractivity contribution is 0.627. The second-order valence-corrected chi connectivity index (χ2v) is 3.17. The van der Waals surface area contributed by atoms with Gasteiger partial charge in [-0.15, -0.1) is 0 Å². The Balaban J connectivity index is 3.37. The van der Waals surface area contributed by atoms with Crippen molar-refractivity contribution in [2.75, 3.05) is 0 Å². The Kier molecular flexibility index (Phi) is 2.92. The quantitative estimate of drug-likeness (QED) is 0.408. The maximum Gasteiger partial charge on any atom is 0.125 e. The van der Waals surface area contributed by atoms with Crippen LogP contribution in [0.5, 0.6) is 0 Å². The van der Waals surface area contributed by atoms with Crippen LogP contribution < -0.4 is 0 Å². The molecule has 0 amide bonds. The van der Waals surface area contributed by atoms with Gasteiger partial charge in [-0.2, -0.15) is 0 Å². The normalized spacial score (nSPS) is 9.25. The summed E-state index contributed by atoms with van der Waals surface area (Å²) in [6, 6.07) is 2.26. The van der Waals surface area contributed by atoms with E-state index in [1.54, 1.807) is 0 Å². The van der Waals surface area contributed by atoms with Gasteiger partial charge in [-0.1, -0.05) is 32.6 Å². The number of hydrogen-bond acceptors (Lipinski definition) is 1. The van der Waals surface area contributed by atoms with Crippen LogP contribution in [0.3, 0.4) is 0 Å². The average Bonchev–Trinajstić information content (AvgIpc) is 1.96. The third-order valence-electron chi connectivity index (χ3n) is 1.13. The van der Waals surface area contributed by atoms with Gasteiger partial charge in [-0.05, 0) is 17.7 Å². The minimum absolute atomic E-state index is 0.0830. The third-order valence-corrected chi connectivity index (χ3v) is 2.02. The Bertz CT molecular complexity index is 339. The molecule has 0 fully saturated rings. The first-order valence-electron chi connectivity index (χ1n) is 2.85. The highest BCUT2D eigenvalue weighted by atomic mass is 79.9. The van der Waals surface area contributed by atoms with Crippen molar-refractivity contribution in [2.45, 2.75) is 0 Å². The summed E-state index contributed by atoms with van der Waals surface area (Å²) in [7, 11) is 0. The summed E-state index contributed by atoms with van der Waals surface area (Å²) in [5, 5.41) is 3.36. The second-order valence-electron chi connectivity index (χ2n) is 1.91. The Morgan fingerprint density at radius 1 is 1.58 bits per heavy atom. The van der Waals surface area contributed by atoms with Crippen LogP contribution in [0.2, 0.25) is 5.02 Å². The largest absolute Gasteiger partial charge is 0.207 e. The van der Waals surface area contributed by atoms with Crippen LogP contribution in [0.4, 0.5) is 10.1 Å². The zero-order valence-corrected chi connectivity index (χ0v) is 7.97. The zero-order valence-electron chi connectivity index (χ0n) is 5.63. The number of hydrogen-bond donors (Lipinski definition) is 0. The van der Waals surface area contributed by atoms with Crippen LogP contribution in [-0.4, -0.2) is 0 Å². The van der Waals surface area contributed by atoms with E-state index >= 15 is 0 Å². The van der Waals surface area contributed by atoms with Crippen molar-refractivity contribution in [1.29, 1.82) is 0 Å².